The minimum atomic E-state index is -0.774. The van der Waals surface area contributed by atoms with Crippen molar-refractivity contribution < 1.29 is 19.1 Å². The Morgan fingerprint density at radius 1 is 1.44 bits per heavy atom. The summed E-state index contributed by atoms with van der Waals surface area (Å²) >= 11 is 0. The molecule has 0 unspecified atom stereocenters. The van der Waals surface area contributed by atoms with Crippen molar-refractivity contribution in [3.63, 3.8) is 0 Å². The summed E-state index contributed by atoms with van der Waals surface area (Å²) in [5.74, 6) is 0.486. The largest absolute Gasteiger partial charge is 0.501 e. The molecule has 1 aliphatic heterocycles. The highest BCUT2D eigenvalue weighted by molar-refractivity contribution is 6.10. The minimum Gasteiger partial charge on any atom is -0.501 e. The molecule has 0 spiro atoms. The van der Waals surface area contributed by atoms with E-state index < -0.39 is 11.0 Å². The lowest BCUT2D eigenvalue weighted by atomic mass is 9.66. The lowest BCUT2D eigenvalue weighted by Gasteiger charge is -2.51. The van der Waals surface area contributed by atoms with Gasteiger partial charge in [0.1, 0.15) is 17.0 Å². The molecule has 16 heavy (non-hydrogen) atoms. The first-order valence-electron chi connectivity index (χ1n) is 5.32. The van der Waals surface area contributed by atoms with Gasteiger partial charge in [0.25, 0.3) is 0 Å². The predicted molar refractivity (Wildman–Crippen MR) is 56.8 cm³/mol. The third-order valence-electron chi connectivity index (χ3n) is 3.97. The van der Waals surface area contributed by atoms with E-state index in [1.54, 1.807) is 6.92 Å². The number of carbonyl (C=O) groups is 2. The lowest BCUT2D eigenvalue weighted by Crippen LogP contribution is -2.62. The fraction of sp³-hybridized carbons (Fsp3) is 0.667. The zero-order valence-electron chi connectivity index (χ0n) is 10.0. The van der Waals surface area contributed by atoms with Crippen LogP contribution in [-0.4, -0.2) is 30.9 Å². The number of hydrogen-bond donors (Lipinski definition) is 0. The molecule has 88 valence electrons. The van der Waals surface area contributed by atoms with Crippen molar-refractivity contribution in [1.82, 2.24) is 0 Å². The molecular formula is C12H16O4. The van der Waals surface area contributed by atoms with Crippen molar-refractivity contribution in [3.8, 4) is 0 Å². The number of fused-ring (bicyclic) bond motifs is 1. The lowest BCUT2D eigenvalue weighted by molar-refractivity contribution is -0.220. The van der Waals surface area contributed by atoms with Gasteiger partial charge in [0, 0.05) is 6.42 Å². The molecule has 0 aromatic rings. The molecule has 0 amide bonds. The van der Waals surface area contributed by atoms with Crippen molar-refractivity contribution in [3.05, 3.63) is 11.3 Å². The fourth-order valence-corrected chi connectivity index (χ4v) is 2.88. The smallest absolute Gasteiger partial charge is 0.166 e. The zero-order valence-corrected chi connectivity index (χ0v) is 10.0. The third kappa shape index (κ3) is 1.03. The van der Waals surface area contributed by atoms with Crippen molar-refractivity contribution in [2.24, 2.45) is 5.41 Å². The van der Waals surface area contributed by atoms with Crippen LogP contribution >= 0.6 is 0 Å². The van der Waals surface area contributed by atoms with Crippen LogP contribution in [0, 0.1) is 5.41 Å². The highest BCUT2D eigenvalue weighted by atomic mass is 16.5. The molecule has 0 aromatic heterocycles. The maximum Gasteiger partial charge on any atom is 0.166 e. The fourth-order valence-electron chi connectivity index (χ4n) is 2.88. The predicted octanol–water partition coefficient (Wildman–Crippen LogP) is 1.24. The van der Waals surface area contributed by atoms with Gasteiger partial charge in [-0.2, -0.15) is 0 Å². The molecule has 1 saturated heterocycles. The van der Waals surface area contributed by atoms with Gasteiger partial charge >= 0.3 is 0 Å². The van der Waals surface area contributed by atoms with E-state index in [0.717, 1.165) is 0 Å². The van der Waals surface area contributed by atoms with E-state index in [2.05, 4.69) is 0 Å². The van der Waals surface area contributed by atoms with E-state index in [4.69, 9.17) is 9.47 Å². The molecular weight excluding hydrogens is 208 g/mol. The number of Topliss-reactive ketones (excluding diaryl/α,β-unsaturated/α-hetero) is 2. The molecule has 2 rings (SSSR count). The second-order valence-electron chi connectivity index (χ2n) is 4.72. The van der Waals surface area contributed by atoms with E-state index in [9.17, 15) is 9.59 Å². The second kappa shape index (κ2) is 3.17. The van der Waals surface area contributed by atoms with Gasteiger partial charge in [-0.25, -0.2) is 0 Å². The van der Waals surface area contributed by atoms with Gasteiger partial charge in [-0.1, -0.05) is 0 Å². The summed E-state index contributed by atoms with van der Waals surface area (Å²) in [5.41, 5.74) is -0.925. The third-order valence-corrected chi connectivity index (χ3v) is 3.97. The number of ether oxygens (including phenoxy) is 2. The molecule has 0 bridgehead atoms. The summed E-state index contributed by atoms with van der Waals surface area (Å²) in [6.45, 7) is 5.36. The molecule has 0 N–H and O–H groups in total. The normalized spacial score (nSPS) is 40.1. The second-order valence-corrected chi connectivity index (χ2v) is 4.72. The number of rotatable bonds is 2. The van der Waals surface area contributed by atoms with Crippen LogP contribution < -0.4 is 0 Å². The van der Waals surface area contributed by atoms with Gasteiger partial charge in [0.15, 0.2) is 5.78 Å². The standard InChI is InChI=1S/C12H16O4/c1-7(15-4)10-9(14)5-11(3)12(10,6-16-11)8(2)13/h5-6H2,1-4H3/b10-7+/t11-,12-/m0/s1. The highest BCUT2D eigenvalue weighted by Crippen LogP contribution is 2.59. The van der Waals surface area contributed by atoms with Gasteiger partial charge in [-0.05, 0) is 20.8 Å². The average molecular weight is 224 g/mol. The summed E-state index contributed by atoms with van der Waals surface area (Å²) in [5, 5.41) is 0. The molecule has 1 aliphatic carbocycles. The van der Waals surface area contributed by atoms with Gasteiger partial charge < -0.3 is 9.47 Å². The molecule has 4 heteroatoms. The van der Waals surface area contributed by atoms with Gasteiger partial charge in [-0.3, -0.25) is 9.59 Å². The van der Waals surface area contributed by atoms with Crippen LogP contribution in [0.25, 0.3) is 0 Å². The first-order valence-corrected chi connectivity index (χ1v) is 5.32. The minimum absolute atomic E-state index is 0.0153. The maximum absolute atomic E-state index is 12.0. The van der Waals surface area contributed by atoms with Crippen molar-refractivity contribution in [2.75, 3.05) is 13.7 Å². The zero-order chi connectivity index (χ0) is 12.1. The number of carbonyl (C=O) groups excluding carboxylic acids is 2. The Hall–Kier alpha value is -1.16. The van der Waals surface area contributed by atoms with E-state index in [1.807, 2.05) is 6.92 Å². The van der Waals surface area contributed by atoms with Crippen LogP contribution in [0.1, 0.15) is 27.2 Å². The van der Waals surface area contributed by atoms with Crippen LogP contribution in [0.5, 0.6) is 0 Å². The topological polar surface area (TPSA) is 52.6 Å². The molecule has 4 nitrogen and oxygen atoms in total. The van der Waals surface area contributed by atoms with Crippen LogP contribution in [0.2, 0.25) is 0 Å². The summed E-state index contributed by atoms with van der Waals surface area (Å²) in [6, 6.07) is 0. The monoisotopic (exact) mass is 224 g/mol. The molecule has 0 radical (unpaired) electrons. The first kappa shape index (κ1) is 11.3. The van der Waals surface area contributed by atoms with E-state index in [0.29, 0.717) is 17.9 Å². The Morgan fingerprint density at radius 2 is 2.06 bits per heavy atom. The van der Waals surface area contributed by atoms with Crippen LogP contribution in [0.4, 0.5) is 0 Å². The number of allylic oxidation sites excluding steroid dienone is 1. The Morgan fingerprint density at radius 3 is 2.44 bits per heavy atom. The van der Waals surface area contributed by atoms with Gasteiger partial charge in [0.2, 0.25) is 0 Å². The van der Waals surface area contributed by atoms with E-state index in [-0.39, 0.29) is 18.0 Å². The van der Waals surface area contributed by atoms with Crippen LogP contribution in [-0.2, 0) is 19.1 Å². The molecule has 0 aromatic carbocycles. The summed E-state index contributed by atoms with van der Waals surface area (Å²) in [6.07, 6.45) is 0.266. The Bertz CT molecular complexity index is 409. The molecule has 2 fully saturated rings. The molecule has 2 aliphatic rings. The highest BCUT2D eigenvalue weighted by Gasteiger charge is 2.70. The quantitative estimate of drug-likeness (QED) is 0.523. The molecule has 1 heterocycles. The van der Waals surface area contributed by atoms with Crippen LogP contribution in [0.15, 0.2) is 11.3 Å². The first-order chi connectivity index (χ1) is 7.39. The van der Waals surface area contributed by atoms with Gasteiger partial charge in [-0.15, -0.1) is 0 Å². The Balaban J connectivity index is 2.62. The van der Waals surface area contributed by atoms with E-state index >= 15 is 0 Å². The number of ketones is 2. The van der Waals surface area contributed by atoms with Crippen molar-refractivity contribution >= 4 is 11.6 Å². The summed E-state index contributed by atoms with van der Waals surface area (Å²) in [7, 11) is 1.51. The SMILES string of the molecule is CO/C(C)=C1\C(=O)C[C@]2(C)OC[C@]12C(C)=O. The molecule has 2 atom stereocenters. The number of hydrogen-bond acceptors (Lipinski definition) is 4. The summed E-state index contributed by atoms with van der Waals surface area (Å²) in [4.78, 5) is 23.9. The van der Waals surface area contributed by atoms with Crippen LogP contribution in [0.3, 0.4) is 0 Å². The number of methoxy groups -OCH3 is 1. The van der Waals surface area contributed by atoms with Crippen molar-refractivity contribution in [1.29, 1.82) is 0 Å². The Labute approximate surface area is 94.6 Å². The van der Waals surface area contributed by atoms with Crippen molar-refractivity contribution in [2.45, 2.75) is 32.8 Å². The van der Waals surface area contributed by atoms with E-state index in [1.165, 1.54) is 14.0 Å². The Kier molecular flexibility index (Phi) is 2.24. The van der Waals surface area contributed by atoms with Gasteiger partial charge in [0.05, 0.1) is 24.9 Å². The molecule has 1 saturated carbocycles. The summed E-state index contributed by atoms with van der Waals surface area (Å²) < 4.78 is 10.6. The average Bonchev–Trinajstić information content (AvgIpc) is 2.35. The maximum atomic E-state index is 12.0.